The molecule has 4 N–H and O–H groups in total. The zero-order chi connectivity index (χ0) is 12.6. The van der Waals surface area contributed by atoms with Crippen LogP contribution in [0.4, 0.5) is 0 Å². The van der Waals surface area contributed by atoms with Gasteiger partial charge in [0.05, 0.1) is 18.5 Å². The number of aromatic amines is 1. The summed E-state index contributed by atoms with van der Waals surface area (Å²) in [4.78, 5) is 29.8. The Hall–Kier alpha value is -1.93. The molecule has 0 bridgehead atoms. The van der Waals surface area contributed by atoms with Crippen molar-refractivity contribution in [3.8, 4) is 0 Å². The van der Waals surface area contributed by atoms with Crippen LogP contribution in [-0.4, -0.2) is 67.4 Å². The fourth-order valence-corrected chi connectivity index (χ4v) is 1.70. The number of amides is 1. The van der Waals surface area contributed by atoms with Gasteiger partial charge in [-0.2, -0.15) is 0 Å². The Balaban J connectivity index is 2.21. The van der Waals surface area contributed by atoms with E-state index in [1.54, 1.807) is 0 Å². The van der Waals surface area contributed by atoms with Gasteiger partial charge in [0, 0.05) is 13.1 Å². The first-order chi connectivity index (χ1) is 8.00. The Labute approximate surface area is 95.5 Å². The van der Waals surface area contributed by atoms with Crippen LogP contribution in [0.1, 0.15) is 21.0 Å². The van der Waals surface area contributed by atoms with Gasteiger partial charge in [-0.25, -0.2) is 9.78 Å². The zero-order valence-electron chi connectivity index (χ0n) is 8.70. The number of likely N-dealkylation sites (tertiary alicyclic amines) is 1. The van der Waals surface area contributed by atoms with Gasteiger partial charge in [0.2, 0.25) is 0 Å². The molecule has 0 aliphatic carbocycles. The lowest BCUT2D eigenvalue weighted by Crippen LogP contribution is -2.31. The number of hydrogen-bond donors (Lipinski definition) is 4. The van der Waals surface area contributed by atoms with Gasteiger partial charge >= 0.3 is 5.97 Å². The fourth-order valence-electron chi connectivity index (χ4n) is 1.70. The van der Waals surface area contributed by atoms with Crippen LogP contribution in [0.2, 0.25) is 0 Å². The number of aromatic carboxylic acids is 1. The number of nitrogens with zero attached hydrogens (tertiary/aromatic N) is 2. The van der Waals surface area contributed by atoms with Crippen LogP contribution in [0.15, 0.2) is 6.33 Å². The monoisotopic (exact) mass is 241 g/mol. The summed E-state index contributed by atoms with van der Waals surface area (Å²) in [6.07, 6.45) is -0.906. The molecule has 1 aliphatic rings. The maximum absolute atomic E-state index is 11.9. The van der Waals surface area contributed by atoms with E-state index in [-0.39, 0.29) is 24.5 Å². The van der Waals surface area contributed by atoms with Gasteiger partial charge < -0.3 is 25.2 Å². The predicted octanol–water partition coefficient (Wildman–Crippen LogP) is -1.71. The van der Waals surface area contributed by atoms with Gasteiger partial charge in [0.15, 0.2) is 11.4 Å². The van der Waals surface area contributed by atoms with E-state index in [2.05, 4.69) is 9.97 Å². The lowest BCUT2D eigenvalue weighted by molar-refractivity contribution is 0.0572. The van der Waals surface area contributed by atoms with Crippen molar-refractivity contribution in [2.75, 3.05) is 13.1 Å². The van der Waals surface area contributed by atoms with Gasteiger partial charge in [-0.3, -0.25) is 4.79 Å². The van der Waals surface area contributed by atoms with Crippen molar-refractivity contribution in [2.24, 2.45) is 0 Å². The number of carbonyl (C=O) groups excluding carboxylic acids is 1. The zero-order valence-corrected chi connectivity index (χ0v) is 8.70. The number of rotatable bonds is 2. The lowest BCUT2D eigenvalue weighted by atomic mass is 10.3. The van der Waals surface area contributed by atoms with E-state index in [1.165, 1.54) is 0 Å². The van der Waals surface area contributed by atoms with Gasteiger partial charge in [-0.1, -0.05) is 0 Å². The molecule has 2 rings (SSSR count). The number of aromatic nitrogens is 2. The average molecular weight is 241 g/mol. The molecule has 0 saturated carbocycles. The highest BCUT2D eigenvalue weighted by atomic mass is 16.4. The van der Waals surface area contributed by atoms with Crippen LogP contribution in [0.5, 0.6) is 0 Å². The molecular formula is C9H11N3O5. The van der Waals surface area contributed by atoms with Gasteiger partial charge in [-0.05, 0) is 0 Å². The summed E-state index contributed by atoms with van der Waals surface area (Å²) in [6, 6.07) is 0. The number of nitrogens with one attached hydrogen (secondary N) is 1. The maximum atomic E-state index is 11.9. The van der Waals surface area contributed by atoms with Crippen LogP contribution in [0.25, 0.3) is 0 Å². The minimum Gasteiger partial charge on any atom is -0.477 e. The van der Waals surface area contributed by atoms with Crippen molar-refractivity contribution in [3.05, 3.63) is 17.7 Å². The highest BCUT2D eigenvalue weighted by Crippen LogP contribution is 2.14. The maximum Gasteiger partial charge on any atom is 0.354 e. The number of imidazole rings is 1. The molecule has 1 aliphatic heterocycles. The molecule has 0 unspecified atom stereocenters. The molecule has 1 aromatic rings. The van der Waals surface area contributed by atoms with E-state index in [4.69, 9.17) is 5.11 Å². The first-order valence-electron chi connectivity index (χ1n) is 4.92. The molecule has 1 saturated heterocycles. The van der Waals surface area contributed by atoms with Crippen molar-refractivity contribution in [1.29, 1.82) is 0 Å². The Bertz CT molecular complexity index is 447. The number of aliphatic hydroxyl groups excluding tert-OH is 2. The Morgan fingerprint density at radius 2 is 1.94 bits per heavy atom. The molecule has 8 heteroatoms. The van der Waals surface area contributed by atoms with E-state index in [0.29, 0.717) is 0 Å². The van der Waals surface area contributed by atoms with Crippen molar-refractivity contribution >= 4 is 11.9 Å². The second-order valence-electron chi connectivity index (χ2n) is 3.78. The van der Waals surface area contributed by atoms with Crippen LogP contribution in [-0.2, 0) is 0 Å². The first kappa shape index (κ1) is 11.6. The topological polar surface area (TPSA) is 127 Å². The summed E-state index contributed by atoms with van der Waals surface area (Å²) in [7, 11) is 0. The summed E-state index contributed by atoms with van der Waals surface area (Å²) in [6.45, 7) is -0.0716. The normalized spacial score (nSPS) is 24.0. The second kappa shape index (κ2) is 4.15. The van der Waals surface area contributed by atoms with Gasteiger partial charge in [0.1, 0.15) is 0 Å². The van der Waals surface area contributed by atoms with Gasteiger partial charge in [-0.15, -0.1) is 0 Å². The molecule has 92 valence electrons. The third-order valence-electron chi connectivity index (χ3n) is 2.60. The number of H-pyrrole nitrogens is 1. The Morgan fingerprint density at radius 1 is 1.35 bits per heavy atom. The number of aliphatic hydroxyl groups is 2. The first-order valence-corrected chi connectivity index (χ1v) is 4.92. The molecule has 8 nitrogen and oxygen atoms in total. The minimum absolute atomic E-state index is 0.0358. The quantitative estimate of drug-likeness (QED) is 0.488. The van der Waals surface area contributed by atoms with E-state index in [9.17, 15) is 19.8 Å². The van der Waals surface area contributed by atoms with E-state index in [1.807, 2.05) is 0 Å². The summed E-state index contributed by atoms with van der Waals surface area (Å²) < 4.78 is 0. The summed E-state index contributed by atoms with van der Waals surface area (Å²) in [5, 5.41) is 27.4. The Kier molecular flexibility index (Phi) is 2.82. The number of β-amino-alcohol motifs (C(OH)–C–C–N with tert-alkyl or cyclic N) is 2. The van der Waals surface area contributed by atoms with Crippen LogP contribution in [0.3, 0.4) is 0 Å². The van der Waals surface area contributed by atoms with Crippen LogP contribution < -0.4 is 0 Å². The van der Waals surface area contributed by atoms with Gasteiger partial charge in [0.25, 0.3) is 5.91 Å². The highest BCUT2D eigenvalue weighted by molar-refractivity contribution is 6.02. The van der Waals surface area contributed by atoms with Crippen LogP contribution >= 0.6 is 0 Å². The largest absolute Gasteiger partial charge is 0.477 e. The number of carboxylic acid groups (broad SMARTS) is 1. The Morgan fingerprint density at radius 3 is 2.47 bits per heavy atom. The fraction of sp³-hybridized carbons (Fsp3) is 0.444. The molecule has 2 atom stereocenters. The second-order valence-corrected chi connectivity index (χ2v) is 3.78. The van der Waals surface area contributed by atoms with Crippen molar-refractivity contribution in [2.45, 2.75) is 12.2 Å². The number of carboxylic acids is 1. The van der Waals surface area contributed by atoms with E-state index in [0.717, 1.165) is 11.2 Å². The van der Waals surface area contributed by atoms with E-state index >= 15 is 0 Å². The van der Waals surface area contributed by atoms with Crippen molar-refractivity contribution < 1.29 is 24.9 Å². The average Bonchev–Trinajstić information content (AvgIpc) is 2.85. The molecule has 0 spiro atoms. The minimum atomic E-state index is -1.29. The summed E-state index contributed by atoms with van der Waals surface area (Å²) >= 11 is 0. The molecule has 17 heavy (non-hydrogen) atoms. The molecule has 1 fully saturated rings. The lowest BCUT2D eigenvalue weighted by Gasteiger charge is -2.13. The molecule has 1 aromatic heterocycles. The molecule has 1 amide bonds. The van der Waals surface area contributed by atoms with Crippen molar-refractivity contribution in [1.82, 2.24) is 14.9 Å². The number of carbonyl (C=O) groups is 2. The SMILES string of the molecule is O=C(O)c1[nH]cnc1C(=O)N1C[C@@H](O)[C@@H](O)C1. The van der Waals surface area contributed by atoms with Crippen LogP contribution in [0, 0.1) is 0 Å². The summed E-state index contributed by atoms with van der Waals surface area (Å²) in [5.41, 5.74) is -0.523. The van der Waals surface area contributed by atoms with E-state index < -0.39 is 24.1 Å². The smallest absolute Gasteiger partial charge is 0.354 e. The molecule has 0 radical (unpaired) electrons. The third-order valence-corrected chi connectivity index (χ3v) is 2.60. The summed E-state index contributed by atoms with van der Waals surface area (Å²) in [5.74, 6) is -1.91. The molecule has 0 aromatic carbocycles. The highest BCUT2D eigenvalue weighted by Gasteiger charge is 2.35. The molecule has 2 heterocycles. The standard InChI is InChI=1S/C9H11N3O5/c13-4-1-12(2-5(4)14)8(15)6-7(9(16)17)11-3-10-6/h3-5,13-14H,1-2H2,(H,10,11)(H,16,17)/t4-,5+. The number of hydrogen-bond acceptors (Lipinski definition) is 5. The van der Waals surface area contributed by atoms with Crippen molar-refractivity contribution in [3.63, 3.8) is 0 Å². The third kappa shape index (κ3) is 1.99. The predicted molar refractivity (Wildman–Crippen MR) is 53.5 cm³/mol. The molecular weight excluding hydrogens is 230 g/mol.